The quantitative estimate of drug-likeness (QED) is 0.789. The van der Waals surface area contributed by atoms with Crippen molar-refractivity contribution in [3.63, 3.8) is 0 Å². The van der Waals surface area contributed by atoms with Crippen LogP contribution in [0, 0.1) is 11.8 Å². The van der Waals surface area contributed by atoms with Crippen LogP contribution in [0.2, 0.25) is 0 Å². The van der Waals surface area contributed by atoms with Gasteiger partial charge in [-0.1, -0.05) is 57.2 Å². The zero-order valence-electron chi connectivity index (χ0n) is 13.3. The molecule has 21 heavy (non-hydrogen) atoms. The Hall–Kier alpha value is -1.76. The van der Waals surface area contributed by atoms with Crippen molar-refractivity contribution in [3.05, 3.63) is 65.2 Å². The fraction of sp³-hybridized carbons (Fsp3) is 0.400. The molecule has 2 rings (SSSR count). The van der Waals surface area contributed by atoms with Crippen molar-refractivity contribution in [1.29, 1.82) is 0 Å². The summed E-state index contributed by atoms with van der Waals surface area (Å²) in [7, 11) is 0. The fourth-order valence-electron chi connectivity index (χ4n) is 2.86. The number of rotatable bonds is 6. The molecule has 1 heteroatoms. The lowest BCUT2D eigenvalue weighted by Gasteiger charge is -2.13. The highest BCUT2D eigenvalue weighted by atomic mass is 16.3. The number of benzene rings is 2. The average Bonchev–Trinajstić information content (AvgIpc) is 2.41. The molecule has 1 unspecified atom stereocenters. The van der Waals surface area contributed by atoms with E-state index in [9.17, 15) is 5.11 Å². The molecule has 0 aliphatic heterocycles. The van der Waals surface area contributed by atoms with E-state index in [1.807, 2.05) is 12.1 Å². The molecule has 1 nitrogen and oxygen atoms in total. The SMILES string of the molecule is CC(C)Cc1cccc(CC(C)Cc2ccc(O)cc2)c1. The minimum atomic E-state index is 0.341. The van der Waals surface area contributed by atoms with Gasteiger partial charge in [0, 0.05) is 0 Å². The van der Waals surface area contributed by atoms with Gasteiger partial charge in [0.05, 0.1) is 0 Å². The van der Waals surface area contributed by atoms with E-state index < -0.39 is 0 Å². The molecule has 0 aromatic heterocycles. The lowest BCUT2D eigenvalue weighted by atomic mass is 9.92. The third-order valence-electron chi connectivity index (χ3n) is 3.74. The monoisotopic (exact) mass is 282 g/mol. The second-order valence-electron chi connectivity index (χ2n) is 6.60. The highest BCUT2D eigenvalue weighted by molar-refractivity contribution is 5.27. The molecular formula is C20H26O. The maximum Gasteiger partial charge on any atom is 0.115 e. The second-order valence-corrected chi connectivity index (χ2v) is 6.60. The fourth-order valence-corrected chi connectivity index (χ4v) is 2.86. The van der Waals surface area contributed by atoms with E-state index in [0.717, 1.165) is 19.3 Å². The number of phenolic OH excluding ortho intramolecular Hbond substituents is 1. The summed E-state index contributed by atoms with van der Waals surface area (Å²) in [4.78, 5) is 0. The van der Waals surface area contributed by atoms with E-state index in [0.29, 0.717) is 17.6 Å². The molecule has 0 fully saturated rings. The van der Waals surface area contributed by atoms with Gasteiger partial charge in [0.25, 0.3) is 0 Å². The molecule has 0 aliphatic carbocycles. The lowest BCUT2D eigenvalue weighted by molar-refractivity contribution is 0.474. The maximum absolute atomic E-state index is 9.33. The summed E-state index contributed by atoms with van der Waals surface area (Å²) in [6.07, 6.45) is 3.31. The van der Waals surface area contributed by atoms with Crippen molar-refractivity contribution < 1.29 is 5.11 Å². The molecule has 1 atom stereocenters. The van der Waals surface area contributed by atoms with E-state index >= 15 is 0 Å². The maximum atomic E-state index is 9.33. The van der Waals surface area contributed by atoms with Gasteiger partial charge in [-0.15, -0.1) is 0 Å². The van der Waals surface area contributed by atoms with E-state index in [1.54, 1.807) is 12.1 Å². The lowest BCUT2D eigenvalue weighted by Crippen LogP contribution is -2.04. The van der Waals surface area contributed by atoms with Crippen LogP contribution in [0.25, 0.3) is 0 Å². The average molecular weight is 282 g/mol. The minimum absolute atomic E-state index is 0.341. The molecule has 2 aromatic rings. The van der Waals surface area contributed by atoms with Crippen molar-refractivity contribution in [3.8, 4) is 5.75 Å². The van der Waals surface area contributed by atoms with Crippen molar-refractivity contribution in [2.45, 2.75) is 40.0 Å². The van der Waals surface area contributed by atoms with Crippen LogP contribution < -0.4 is 0 Å². The molecule has 0 bridgehead atoms. The predicted molar refractivity (Wildman–Crippen MR) is 89.7 cm³/mol. The summed E-state index contributed by atoms with van der Waals surface area (Å²) < 4.78 is 0. The molecule has 1 N–H and O–H groups in total. The topological polar surface area (TPSA) is 20.2 Å². The van der Waals surface area contributed by atoms with Gasteiger partial charge in [0.2, 0.25) is 0 Å². The number of aromatic hydroxyl groups is 1. The first kappa shape index (κ1) is 15.6. The highest BCUT2D eigenvalue weighted by Crippen LogP contribution is 2.18. The molecule has 0 heterocycles. The summed E-state index contributed by atoms with van der Waals surface area (Å²) >= 11 is 0. The third kappa shape index (κ3) is 5.26. The van der Waals surface area contributed by atoms with Gasteiger partial charge in [-0.25, -0.2) is 0 Å². The number of hydrogen-bond donors (Lipinski definition) is 1. The Balaban J connectivity index is 1.95. The molecule has 0 saturated carbocycles. The van der Waals surface area contributed by atoms with Gasteiger partial charge >= 0.3 is 0 Å². The van der Waals surface area contributed by atoms with Crippen molar-refractivity contribution in [2.24, 2.45) is 11.8 Å². The Morgan fingerprint density at radius 3 is 1.95 bits per heavy atom. The van der Waals surface area contributed by atoms with Gasteiger partial charge < -0.3 is 5.11 Å². The first-order chi connectivity index (χ1) is 10.0. The summed E-state index contributed by atoms with van der Waals surface area (Å²) in [5.41, 5.74) is 4.16. The third-order valence-corrected chi connectivity index (χ3v) is 3.74. The van der Waals surface area contributed by atoms with Crippen LogP contribution in [0.4, 0.5) is 0 Å². The van der Waals surface area contributed by atoms with Crippen molar-refractivity contribution in [2.75, 3.05) is 0 Å². The molecule has 0 radical (unpaired) electrons. The van der Waals surface area contributed by atoms with E-state index in [4.69, 9.17) is 0 Å². The molecule has 0 aliphatic rings. The van der Waals surface area contributed by atoms with Crippen molar-refractivity contribution >= 4 is 0 Å². The Morgan fingerprint density at radius 2 is 1.33 bits per heavy atom. The standard InChI is InChI=1S/C20H26O/c1-15(2)11-18-5-4-6-19(14-18)13-16(3)12-17-7-9-20(21)10-8-17/h4-10,14-16,21H,11-13H2,1-3H3. The van der Waals surface area contributed by atoms with Gasteiger partial charge in [-0.05, 0) is 59.9 Å². The summed E-state index contributed by atoms with van der Waals surface area (Å²) in [6, 6.07) is 16.6. The highest BCUT2D eigenvalue weighted by Gasteiger charge is 2.07. The summed E-state index contributed by atoms with van der Waals surface area (Å²) in [5, 5.41) is 9.33. The molecule has 0 spiro atoms. The van der Waals surface area contributed by atoms with Crippen LogP contribution in [0.1, 0.15) is 37.5 Å². The molecular weight excluding hydrogens is 256 g/mol. The van der Waals surface area contributed by atoms with E-state index in [1.165, 1.54) is 16.7 Å². The van der Waals surface area contributed by atoms with Crippen LogP contribution in [0.3, 0.4) is 0 Å². The van der Waals surface area contributed by atoms with Gasteiger partial charge in [-0.2, -0.15) is 0 Å². The summed E-state index contributed by atoms with van der Waals surface area (Å²) in [5.74, 6) is 1.64. The summed E-state index contributed by atoms with van der Waals surface area (Å²) in [6.45, 7) is 6.82. The predicted octanol–water partition coefficient (Wildman–Crippen LogP) is 5.01. The molecule has 0 saturated heterocycles. The Morgan fingerprint density at radius 1 is 0.762 bits per heavy atom. The Labute approximate surface area is 128 Å². The van der Waals surface area contributed by atoms with Gasteiger partial charge in [-0.3, -0.25) is 0 Å². The van der Waals surface area contributed by atoms with Crippen LogP contribution in [-0.4, -0.2) is 5.11 Å². The van der Waals surface area contributed by atoms with E-state index in [-0.39, 0.29) is 0 Å². The first-order valence-corrected chi connectivity index (χ1v) is 7.88. The zero-order chi connectivity index (χ0) is 15.2. The molecule has 2 aromatic carbocycles. The van der Waals surface area contributed by atoms with E-state index in [2.05, 4.69) is 45.0 Å². The largest absolute Gasteiger partial charge is 0.508 e. The van der Waals surface area contributed by atoms with Crippen LogP contribution in [0.5, 0.6) is 5.75 Å². The van der Waals surface area contributed by atoms with Crippen molar-refractivity contribution in [1.82, 2.24) is 0 Å². The Kier molecular flexibility index (Phi) is 5.44. The van der Waals surface area contributed by atoms with Gasteiger partial charge in [0.1, 0.15) is 5.75 Å². The van der Waals surface area contributed by atoms with Crippen LogP contribution >= 0.6 is 0 Å². The van der Waals surface area contributed by atoms with Crippen LogP contribution in [-0.2, 0) is 19.3 Å². The smallest absolute Gasteiger partial charge is 0.115 e. The normalized spacial score (nSPS) is 12.6. The molecule has 0 amide bonds. The molecule has 112 valence electrons. The second kappa shape index (κ2) is 7.31. The number of hydrogen-bond acceptors (Lipinski definition) is 1. The Bertz CT molecular complexity index is 554. The van der Waals surface area contributed by atoms with Gasteiger partial charge in [0.15, 0.2) is 0 Å². The minimum Gasteiger partial charge on any atom is -0.508 e. The number of phenols is 1. The zero-order valence-corrected chi connectivity index (χ0v) is 13.3. The first-order valence-electron chi connectivity index (χ1n) is 7.88. The van der Waals surface area contributed by atoms with Crippen LogP contribution in [0.15, 0.2) is 48.5 Å².